The van der Waals surface area contributed by atoms with E-state index in [4.69, 9.17) is 10.5 Å². The Morgan fingerprint density at radius 3 is 2.79 bits per heavy atom. The summed E-state index contributed by atoms with van der Waals surface area (Å²) in [4.78, 5) is 12.0. The summed E-state index contributed by atoms with van der Waals surface area (Å²) in [7, 11) is 0. The molecule has 4 heteroatoms. The van der Waals surface area contributed by atoms with Crippen molar-refractivity contribution in [1.82, 2.24) is 0 Å². The number of carbonyl (C=O) groups excluding carboxylic acids is 1. The Hall–Kier alpha value is -1.55. The summed E-state index contributed by atoms with van der Waals surface area (Å²) in [5.41, 5.74) is 6.05. The standard InChI is InChI=1S/C15H22N2O2/c1-11(2)10-19-13-6-3-5-12(9-13)17-14(18)15(16)7-4-8-15/h3,5-6,9,11H,4,7-8,10,16H2,1-2H3,(H,17,18). The molecule has 4 nitrogen and oxygen atoms in total. The summed E-state index contributed by atoms with van der Waals surface area (Å²) in [5.74, 6) is 1.14. The van der Waals surface area contributed by atoms with Gasteiger partial charge in [-0.1, -0.05) is 19.9 Å². The molecule has 19 heavy (non-hydrogen) atoms. The Morgan fingerprint density at radius 2 is 2.21 bits per heavy atom. The molecule has 0 heterocycles. The zero-order valence-corrected chi connectivity index (χ0v) is 11.6. The Balaban J connectivity index is 1.96. The van der Waals surface area contributed by atoms with Crippen molar-refractivity contribution in [2.75, 3.05) is 11.9 Å². The highest BCUT2D eigenvalue weighted by atomic mass is 16.5. The predicted octanol–water partition coefficient (Wildman–Crippen LogP) is 2.54. The molecular weight excluding hydrogens is 240 g/mol. The monoisotopic (exact) mass is 262 g/mol. The van der Waals surface area contributed by atoms with E-state index >= 15 is 0 Å². The fraction of sp³-hybridized carbons (Fsp3) is 0.533. The average molecular weight is 262 g/mol. The minimum Gasteiger partial charge on any atom is -0.493 e. The molecule has 0 aromatic heterocycles. The van der Waals surface area contributed by atoms with Crippen LogP contribution in [0.2, 0.25) is 0 Å². The lowest BCUT2D eigenvalue weighted by Crippen LogP contribution is -2.56. The van der Waals surface area contributed by atoms with Crippen molar-refractivity contribution < 1.29 is 9.53 Å². The van der Waals surface area contributed by atoms with E-state index in [0.717, 1.165) is 30.7 Å². The van der Waals surface area contributed by atoms with Gasteiger partial charge in [0, 0.05) is 11.8 Å². The van der Waals surface area contributed by atoms with Gasteiger partial charge in [0.05, 0.1) is 12.1 Å². The highest BCUT2D eigenvalue weighted by molar-refractivity contribution is 5.98. The lowest BCUT2D eigenvalue weighted by Gasteiger charge is -2.36. The lowest BCUT2D eigenvalue weighted by atomic mass is 9.77. The first-order valence-corrected chi connectivity index (χ1v) is 6.83. The molecule has 0 radical (unpaired) electrons. The average Bonchev–Trinajstić information content (AvgIpc) is 2.34. The van der Waals surface area contributed by atoms with Crippen LogP contribution in [0.1, 0.15) is 33.1 Å². The predicted molar refractivity (Wildman–Crippen MR) is 76.2 cm³/mol. The van der Waals surface area contributed by atoms with Crippen LogP contribution in [0.5, 0.6) is 5.75 Å². The molecule has 1 fully saturated rings. The normalized spacial score (nSPS) is 16.8. The van der Waals surface area contributed by atoms with Crippen LogP contribution >= 0.6 is 0 Å². The van der Waals surface area contributed by atoms with Crippen LogP contribution in [-0.2, 0) is 4.79 Å². The second kappa shape index (κ2) is 5.61. The van der Waals surface area contributed by atoms with Crippen molar-refractivity contribution in [3.63, 3.8) is 0 Å². The Bertz CT molecular complexity index is 453. The van der Waals surface area contributed by atoms with Gasteiger partial charge >= 0.3 is 0 Å². The molecule has 104 valence electrons. The molecule has 0 saturated heterocycles. The molecule has 2 rings (SSSR count). The maximum absolute atomic E-state index is 12.0. The number of nitrogens with one attached hydrogen (secondary N) is 1. The van der Waals surface area contributed by atoms with Crippen LogP contribution in [0.15, 0.2) is 24.3 Å². The molecule has 0 bridgehead atoms. The number of benzene rings is 1. The summed E-state index contributed by atoms with van der Waals surface area (Å²) in [6.07, 6.45) is 2.56. The molecule has 0 atom stereocenters. The largest absolute Gasteiger partial charge is 0.493 e. The number of hydrogen-bond donors (Lipinski definition) is 2. The Morgan fingerprint density at radius 1 is 1.47 bits per heavy atom. The molecular formula is C15H22N2O2. The van der Waals surface area contributed by atoms with E-state index < -0.39 is 5.54 Å². The number of carbonyl (C=O) groups is 1. The van der Waals surface area contributed by atoms with Crippen molar-refractivity contribution in [1.29, 1.82) is 0 Å². The van der Waals surface area contributed by atoms with Gasteiger partial charge in [-0.2, -0.15) is 0 Å². The maximum Gasteiger partial charge on any atom is 0.244 e. The highest BCUT2D eigenvalue weighted by Crippen LogP contribution is 2.30. The smallest absolute Gasteiger partial charge is 0.244 e. The van der Waals surface area contributed by atoms with Crippen LogP contribution in [0, 0.1) is 5.92 Å². The number of hydrogen-bond acceptors (Lipinski definition) is 3. The molecule has 1 aromatic carbocycles. The molecule has 0 unspecified atom stereocenters. The fourth-order valence-electron chi connectivity index (χ4n) is 1.97. The molecule has 1 amide bonds. The van der Waals surface area contributed by atoms with Gasteiger partial charge in [-0.15, -0.1) is 0 Å². The van der Waals surface area contributed by atoms with Gasteiger partial charge in [0.2, 0.25) is 5.91 Å². The van der Waals surface area contributed by atoms with Crippen LogP contribution in [-0.4, -0.2) is 18.1 Å². The van der Waals surface area contributed by atoms with E-state index in [1.807, 2.05) is 24.3 Å². The molecule has 1 aliphatic carbocycles. The quantitative estimate of drug-likeness (QED) is 0.857. The third-order valence-electron chi connectivity index (χ3n) is 3.37. The molecule has 0 aliphatic heterocycles. The van der Waals surface area contributed by atoms with Gasteiger partial charge in [0.25, 0.3) is 0 Å². The van der Waals surface area contributed by atoms with E-state index in [9.17, 15) is 4.79 Å². The van der Waals surface area contributed by atoms with Gasteiger partial charge in [0.1, 0.15) is 5.75 Å². The zero-order chi connectivity index (χ0) is 13.9. The second-order valence-corrected chi connectivity index (χ2v) is 5.70. The molecule has 1 aliphatic rings. The number of anilines is 1. The van der Waals surface area contributed by atoms with Gasteiger partial charge < -0.3 is 15.8 Å². The van der Waals surface area contributed by atoms with Crippen LogP contribution < -0.4 is 15.8 Å². The van der Waals surface area contributed by atoms with Crippen LogP contribution in [0.3, 0.4) is 0 Å². The van der Waals surface area contributed by atoms with Gasteiger partial charge in [-0.05, 0) is 37.3 Å². The van der Waals surface area contributed by atoms with E-state index in [1.54, 1.807) is 0 Å². The second-order valence-electron chi connectivity index (χ2n) is 5.70. The molecule has 1 aromatic rings. The summed E-state index contributed by atoms with van der Waals surface area (Å²) in [6, 6.07) is 7.44. The van der Waals surface area contributed by atoms with Gasteiger partial charge in [0.15, 0.2) is 0 Å². The van der Waals surface area contributed by atoms with Crippen LogP contribution in [0.25, 0.3) is 0 Å². The minimum absolute atomic E-state index is 0.0974. The topological polar surface area (TPSA) is 64.3 Å². The van der Waals surface area contributed by atoms with Crippen molar-refractivity contribution in [3.8, 4) is 5.75 Å². The first-order valence-electron chi connectivity index (χ1n) is 6.83. The van der Waals surface area contributed by atoms with E-state index in [2.05, 4.69) is 19.2 Å². The van der Waals surface area contributed by atoms with Crippen molar-refractivity contribution in [2.24, 2.45) is 11.7 Å². The number of ether oxygens (including phenoxy) is 1. The first-order chi connectivity index (χ1) is 8.99. The third kappa shape index (κ3) is 3.47. The maximum atomic E-state index is 12.0. The number of rotatable bonds is 5. The van der Waals surface area contributed by atoms with Crippen molar-refractivity contribution in [3.05, 3.63) is 24.3 Å². The third-order valence-corrected chi connectivity index (χ3v) is 3.37. The van der Waals surface area contributed by atoms with E-state index in [0.29, 0.717) is 12.5 Å². The lowest BCUT2D eigenvalue weighted by molar-refractivity contribution is -0.123. The van der Waals surface area contributed by atoms with Crippen LogP contribution in [0.4, 0.5) is 5.69 Å². The summed E-state index contributed by atoms with van der Waals surface area (Å²) in [6.45, 7) is 4.86. The van der Waals surface area contributed by atoms with E-state index in [1.165, 1.54) is 0 Å². The Labute approximate surface area is 114 Å². The number of amides is 1. The van der Waals surface area contributed by atoms with Crippen molar-refractivity contribution >= 4 is 11.6 Å². The number of nitrogens with two attached hydrogens (primary N) is 1. The fourth-order valence-corrected chi connectivity index (χ4v) is 1.97. The van der Waals surface area contributed by atoms with E-state index in [-0.39, 0.29) is 5.91 Å². The summed E-state index contributed by atoms with van der Waals surface area (Å²) < 4.78 is 5.63. The Kier molecular flexibility index (Phi) is 4.10. The summed E-state index contributed by atoms with van der Waals surface area (Å²) in [5, 5.41) is 2.87. The van der Waals surface area contributed by atoms with Gasteiger partial charge in [-0.3, -0.25) is 4.79 Å². The SMILES string of the molecule is CC(C)COc1cccc(NC(=O)C2(N)CCC2)c1. The molecule has 0 spiro atoms. The zero-order valence-electron chi connectivity index (χ0n) is 11.6. The highest BCUT2D eigenvalue weighted by Gasteiger charge is 2.40. The van der Waals surface area contributed by atoms with Crippen molar-refractivity contribution in [2.45, 2.75) is 38.6 Å². The summed E-state index contributed by atoms with van der Waals surface area (Å²) >= 11 is 0. The first kappa shape index (κ1) is 13.9. The molecule has 1 saturated carbocycles. The molecule has 3 N–H and O–H groups in total. The minimum atomic E-state index is -0.672. The van der Waals surface area contributed by atoms with Gasteiger partial charge in [-0.25, -0.2) is 0 Å².